The summed E-state index contributed by atoms with van der Waals surface area (Å²) in [5.74, 6) is 0.814. The Hall–Kier alpha value is -1.39. The summed E-state index contributed by atoms with van der Waals surface area (Å²) in [5.41, 5.74) is -0.155. The summed E-state index contributed by atoms with van der Waals surface area (Å²) in [7, 11) is 0. The smallest absolute Gasteiger partial charge is 0.202 e. The van der Waals surface area contributed by atoms with Gasteiger partial charge in [0.15, 0.2) is 6.29 Å². The van der Waals surface area contributed by atoms with Crippen LogP contribution in [0.5, 0.6) is 5.75 Å². The number of carbonyl (C=O) groups is 1. The first-order chi connectivity index (χ1) is 8.30. The molecule has 1 unspecified atom stereocenters. The van der Waals surface area contributed by atoms with E-state index >= 15 is 0 Å². The van der Waals surface area contributed by atoms with Crippen molar-refractivity contribution in [2.75, 3.05) is 19.8 Å². The standard InChI is InChI=1S/C13H17NO3/c1-2-8-16-12-5-3-11(4-6-12)13(10-15)14-7-9-17-13/h3-6,10,14H,2,7-9H2,1H3. The summed E-state index contributed by atoms with van der Waals surface area (Å²) in [4.78, 5) is 11.2. The highest BCUT2D eigenvalue weighted by Crippen LogP contribution is 2.25. The van der Waals surface area contributed by atoms with Crippen LogP contribution in [0.1, 0.15) is 18.9 Å². The molecule has 1 atom stereocenters. The third-order valence-electron chi connectivity index (χ3n) is 2.74. The first-order valence-corrected chi connectivity index (χ1v) is 5.89. The van der Waals surface area contributed by atoms with Gasteiger partial charge in [-0.1, -0.05) is 19.1 Å². The Labute approximate surface area is 101 Å². The van der Waals surface area contributed by atoms with Gasteiger partial charge in [0.2, 0.25) is 5.72 Å². The van der Waals surface area contributed by atoms with Crippen molar-refractivity contribution >= 4 is 6.29 Å². The summed E-state index contributed by atoms with van der Waals surface area (Å²) < 4.78 is 11.0. The van der Waals surface area contributed by atoms with Gasteiger partial charge in [-0.25, -0.2) is 0 Å². The van der Waals surface area contributed by atoms with Gasteiger partial charge in [-0.3, -0.25) is 10.1 Å². The molecule has 1 heterocycles. The fourth-order valence-corrected chi connectivity index (χ4v) is 1.85. The van der Waals surface area contributed by atoms with Crippen LogP contribution >= 0.6 is 0 Å². The largest absolute Gasteiger partial charge is 0.494 e. The molecule has 1 N–H and O–H groups in total. The zero-order valence-corrected chi connectivity index (χ0v) is 9.94. The van der Waals surface area contributed by atoms with E-state index in [0.29, 0.717) is 19.8 Å². The highest BCUT2D eigenvalue weighted by molar-refractivity contribution is 5.66. The average Bonchev–Trinajstić information content (AvgIpc) is 2.87. The topological polar surface area (TPSA) is 47.6 Å². The molecule has 0 bridgehead atoms. The van der Waals surface area contributed by atoms with E-state index in [1.807, 2.05) is 24.3 Å². The van der Waals surface area contributed by atoms with Crippen LogP contribution < -0.4 is 10.1 Å². The van der Waals surface area contributed by atoms with E-state index in [4.69, 9.17) is 9.47 Å². The first-order valence-electron chi connectivity index (χ1n) is 5.89. The minimum Gasteiger partial charge on any atom is -0.494 e. The molecule has 1 aliphatic rings. The molecule has 1 aliphatic heterocycles. The molecule has 2 rings (SSSR count). The lowest BCUT2D eigenvalue weighted by molar-refractivity contribution is -0.128. The van der Waals surface area contributed by atoms with Crippen LogP contribution in [0.15, 0.2) is 24.3 Å². The molecule has 4 nitrogen and oxygen atoms in total. The Morgan fingerprint density at radius 3 is 2.76 bits per heavy atom. The third kappa shape index (κ3) is 2.48. The van der Waals surface area contributed by atoms with Crippen LogP contribution in [0.4, 0.5) is 0 Å². The maximum absolute atomic E-state index is 11.2. The summed E-state index contributed by atoms with van der Waals surface area (Å²) in [6.45, 7) is 4.00. The predicted octanol–water partition coefficient (Wildman–Crippen LogP) is 1.45. The molecule has 17 heavy (non-hydrogen) atoms. The number of rotatable bonds is 5. The fourth-order valence-electron chi connectivity index (χ4n) is 1.85. The Morgan fingerprint density at radius 2 is 2.24 bits per heavy atom. The molecular formula is C13H17NO3. The number of ether oxygens (including phenoxy) is 2. The SMILES string of the molecule is CCCOc1ccc(C2(C=O)NCCO2)cc1. The zero-order chi connectivity index (χ0) is 12.1. The van der Waals surface area contributed by atoms with Gasteiger partial charge in [-0.05, 0) is 18.6 Å². The van der Waals surface area contributed by atoms with Crippen molar-refractivity contribution in [3.05, 3.63) is 29.8 Å². The second kappa shape index (κ2) is 5.29. The summed E-state index contributed by atoms with van der Waals surface area (Å²) in [5, 5.41) is 3.07. The maximum Gasteiger partial charge on any atom is 0.202 e. The average molecular weight is 235 g/mol. The molecule has 4 heteroatoms. The maximum atomic E-state index is 11.2. The number of benzene rings is 1. The zero-order valence-electron chi connectivity index (χ0n) is 9.94. The van der Waals surface area contributed by atoms with Crippen LogP contribution in [0.25, 0.3) is 0 Å². The second-order valence-corrected chi connectivity index (χ2v) is 4.00. The summed E-state index contributed by atoms with van der Waals surface area (Å²) >= 11 is 0. The molecule has 0 aromatic heterocycles. The highest BCUT2D eigenvalue weighted by atomic mass is 16.5. The summed E-state index contributed by atoms with van der Waals surface area (Å²) in [6.07, 6.45) is 1.78. The van der Waals surface area contributed by atoms with Crippen molar-refractivity contribution in [1.29, 1.82) is 0 Å². The Kier molecular flexibility index (Phi) is 3.76. The van der Waals surface area contributed by atoms with Gasteiger partial charge in [0.25, 0.3) is 0 Å². The number of hydrogen-bond acceptors (Lipinski definition) is 4. The van der Waals surface area contributed by atoms with Crippen molar-refractivity contribution in [2.45, 2.75) is 19.1 Å². The van der Waals surface area contributed by atoms with Crippen LogP contribution in [-0.2, 0) is 15.3 Å². The van der Waals surface area contributed by atoms with Gasteiger partial charge in [0.05, 0.1) is 13.2 Å². The van der Waals surface area contributed by atoms with Crippen LogP contribution in [0.3, 0.4) is 0 Å². The van der Waals surface area contributed by atoms with E-state index in [1.54, 1.807) is 0 Å². The molecule has 0 amide bonds. The third-order valence-corrected chi connectivity index (χ3v) is 2.74. The lowest BCUT2D eigenvalue weighted by Gasteiger charge is -2.22. The van der Waals surface area contributed by atoms with E-state index in [1.165, 1.54) is 0 Å². The van der Waals surface area contributed by atoms with Gasteiger partial charge in [-0.2, -0.15) is 0 Å². The lowest BCUT2D eigenvalue weighted by atomic mass is 10.0. The van der Waals surface area contributed by atoms with Crippen molar-refractivity contribution in [1.82, 2.24) is 5.32 Å². The molecule has 1 aromatic rings. The Balaban J connectivity index is 2.13. The fraction of sp³-hybridized carbons (Fsp3) is 0.462. The molecule has 0 aliphatic carbocycles. The van der Waals surface area contributed by atoms with Gasteiger partial charge in [0, 0.05) is 12.1 Å². The van der Waals surface area contributed by atoms with Crippen molar-refractivity contribution < 1.29 is 14.3 Å². The van der Waals surface area contributed by atoms with Crippen LogP contribution in [0.2, 0.25) is 0 Å². The quantitative estimate of drug-likeness (QED) is 0.785. The molecule has 0 radical (unpaired) electrons. The minimum absolute atomic E-state index is 0.548. The van der Waals surface area contributed by atoms with Crippen molar-refractivity contribution in [2.24, 2.45) is 0 Å². The Morgan fingerprint density at radius 1 is 1.47 bits per heavy atom. The van der Waals surface area contributed by atoms with E-state index in [9.17, 15) is 4.79 Å². The molecule has 0 spiro atoms. The van der Waals surface area contributed by atoms with E-state index in [0.717, 1.165) is 24.0 Å². The number of carbonyl (C=O) groups excluding carboxylic acids is 1. The number of hydrogen-bond donors (Lipinski definition) is 1. The molecule has 0 saturated carbocycles. The van der Waals surface area contributed by atoms with Gasteiger partial charge >= 0.3 is 0 Å². The first kappa shape index (κ1) is 12.1. The van der Waals surface area contributed by atoms with Gasteiger partial charge in [-0.15, -0.1) is 0 Å². The number of nitrogens with one attached hydrogen (secondary N) is 1. The molecular weight excluding hydrogens is 218 g/mol. The molecule has 92 valence electrons. The molecule has 1 saturated heterocycles. The van der Waals surface area contributed by atoms with Crippen LogP contribution in [-0.4, -0.2) is 26.0 Å². The number of aldehydes is 1. The highest BCUT2D eigenvalue weighted by Gasteiger charge is 2.36. The van der Waals surface area contributed by atoms with Gasteiger partial charge in [0.1, 0.15) is 5.75 Å². The molecule has 1 fully saturated rings. The van der Waals surface area contributed by atoms with Crippen molar-refractivity contribution in [3.8, 4) is 5.75 Å². The Bertz CT molecular complexity index is 369. The predicted molar refractivity (Wildman–Crippen MR) is 63.9 cm³/mol. The van der Waals surface area contributed by atoms with Crippen molar-refractivity contribution in [3.63, 3.8) is 0 Å². The van der Waals surface area contributed by atoms with E-state index in [-0.39, 0.29) is 0 Å². The molecule has 1 aromatic carbocycles. The van der Waals surface area contributed by atoms with E-state index in [2.05, 4.69) is 12.2 Å². The normalized spacial score (nSPS) is 23.6. The van der Waals surface area contributed by atoms with Crippen LogP contribution in [0, 0.1) is 0 Å². The minimum atomic E-state index is -0.969. The van der Waals surface area contributed by atoms with Gasteiger partial charge < -0.3 is 9.47 Å². The summed E-state index contributed by atoms with van der Waals surface area (Å²) in [6, 6.07) is 7.44. The van der Waals surface area contributed by atoms with E-state index < -0.39 is 5.72 Å². The lowest BCUT2D eigenvalue weighted by Crippen LogP contribution is -2.39. The second-order valence-electron chi connectivity index (χ2n) is 4.00. The monoisotopic (exact) mass is 235 g/mol.